The summed E-state index contributed by atoms with van der Waals surface area (Å²) in [5.41, 5.74) is 1.30. The Balaban J connectivity index is 1.79. The van der Waals surface area contributed by atoms with E-state index >= 15 is 0 Å². The molecule has 0 unspecified atom stereocenters. The van der Waals surface area contributed by atoms with Crippen LogP contribution in [0.1, 0.15) is 20.7 Å². The predicted molar refractivity (Wildman–Crippen MR) is 139 cm³/mol. The lowest BCUT2D eigenvalue weighted by Crippen LogP contribution is -2.26. The summed E-state index contributed by atoms with van der Waals surface area (Å²) in [5, 5.41) is 5.41. The van der Waals surface area contributed by atoms with E-state index in [4.69, 9.17) is 9.47 Å². The van der Waals surface area contributed by atoms with Crippen molar-refractivity contribution in [2.24, 2.45) is 0 Å². The van der Waals surface area contributed by atoms with Crippen molar-refractivity contribution in [3.8, 4) is 11.5 Å². The molecule has 188 valence electrons. The first-order valence-electron chi connectivity index (χ1n) is 10.8. The molecule has 0 saturated heterocycles. The number of nitrogens with zero attached hydrogens (tertiary/aromatic N) is 1. The van der Waals surface area contributed by atoms with Crippen LogP contribution in [0.4, 0.5) is 11.4 Å². The molecule has 0 atom stereocenters. The van der Waals surface area contributed by atoms with Gasteiger partial charge in [0.2, 0.25) is 0 Å². The summed E-state index contributed by atoms with van der Waals surface area (Å²) in [6, 6.07) is 17.0. The van der Waals surface area contributed by atoms with Gasteiger partial charge in [-0.15, -0.1) is 6.58 Å². The highest BCUT2D eigenvalue weighted by molar-refractivity contribution is 7.92. The average Bonchev–Trinajstić information content (AvgIpc) is 2.91. The third kappa shape index (κ3) is 5.66. The first-order chi connectivity index (χ1) is 17.2. The van der Waals surface area contributed by atoms with Crippen molar-refractivity contribution in [1.82, 2.24) is 5.32 Å². The van der Waals surface area contributed by atoms with Crippen LogP contribution in [0.25, 0.3) is 0 Å². The average molecular weight is 510 g/mol. The van der Waals surface area contributed by atoms with Crippen LogP contribution in [0.3, 0.4) is 0 Å². The van der Waals surface area contributed by atoms with E-state index in [1.54, 1.807) is 30.3 Å². The van der Waals surface area contributed by atoms with Crippen LogP contribution in [0.15, 0.2) is 84.3 Å². The Labute approximate surface area is 210 Å². The van der Waals surface area contributed by atoms with Crippen LogP contribution < -0.4 is 24.4 Å². The van der Waals surface area contributed by atoms with E-state index in [0.29, 0.717) is 29.2 Å². The number of carbonyl (C=O) groups is 2. The molecule has 2 N–H and O–H groups in total. The molecule has 0 radical (unpaired) electrons. The quantitative estimate of drug-likeness (QED) is 0.403. The Morgan fingerprint density at radius 3 is 2.25 bits per heavy atom. The van der Waals surface area contributed by atoms with Crippen molar-refractivity contribution < 1.29 is 27.5 Å². The highest BCUT2D eigenvalue weighted by Crippen LogP contribution is 2.31. The zero-order chi connectivity index (χ0) is 26.3. The Morgan fingerprint density at radius 2 is 1.61 bits per heavy atom. The lowest BCUT2D eigenvalue weighted by Gasteiger charge is -2.20. The number of rotatable bonds is 10. The largest absolute Gasteiger partial charge is 0.493 e. The maximum absolute atomic E-state index is 13.1. The molecule has 2 amide bonds. The summed E-state index contributed by atoms with van der Waals surface area (Å²) >= 11 is 0. The van der Waals surface area contributed by atoms with Crippen LogP contribution >= 0.6 is 0 Å². The van der Waals surface area contributed by atoms with Crippen molar-refractivity contribution in [2.45, 2.75) is 4.90 Å². The van der Waals surface area contributed by atoms with Gasteiger partial charge in [0.05, 0.1) is 36.1 Å². The van der Waals surface area contributed by atoms with Gasteiger partial charge in [-0.2, -0.15) is 0 Å². The fraction of sp³-hybridized carbons (Fsp3) is 0.154. The highest BCUT2D eigenvalue weighted by Gasteiger charge is 2.23. The number of ether oxygens (including phenoxy) is 2. The Morgan fingerprint density at radius 1 is 0.944 bits per heavy atom. The number of nitrogens with one attached hydrogen (secondary N) is 2. The lowest BCUT2D eigenvalue weighted by atomic mass is 10.1. The van der Waals surface area contributed by atoms with E-state index < -0.39 is 15.9 Å². The number of carbonyl (C=O) groups excluding carboxylic acids is 2. The first-order valence-corrected chi connectivity index (χ1v) is 12.3. The number of sulfonamides is 1. The predicted octanol–water partition coefficient (Wildman–Crippen LogP) is 3.70. The molecule has 0 bridgehead atoms. The minimum absolute atomic E-state index is 0.0239. The van der Waals surface area contributed by atoms with Crippen molar-refractivity contribution in [1.29, 1.82) is 0 Å². The van der Waals surface area contributed by atoms with Crippen molar-refractivity contribution in [3.05, 3.63) is 90.5 Å². The highest BCUT2D eigenvalue weighted by atomic mass is 32.2. The van der Waals surface area contributed by atoms with Gasteiger partial charge in [0.1, 0.15) is 0 Å². The molecular weight excluding hydrogens is 482 g/mol. The molecule has 0 aliphatic carbocycles. The van der Waals surface area contributed by atoms with Gasteiger partial charge in [-0.3, -0.25) is 13.9 Å². The molecule has 0 aliphatic rings. The van der Waals surface area contributed by atoms with E-state index in [-0.39, 0.29) is 22.1 Å². The second kappa shape index (κ2) is 11.4. The zero-order valence-corrected chi connectivity index (χ0v) is 21.0. The number of methoxy groups -OCH3 is 2. The summed E-state index contributed by atoms with van der Waals surface area (Å²) in [7, 11) is 0.396. The van der Waals surface area contributed by atoms with Gasteiger partial charge < -0.3 is 20.1 Å². The van der Waals surface area contributed by atoms with Crippen molar-refractivity contribution in [2.75, 3.05) is 37.4 Å². The molecule has 3 rings (SSSR count). The van der Waals surface area contributed by atoms with Crippen LogP contribution in [0.2, 0.25) is 0 Å². The topological polar surface area (TPSA) is 114 Å². The van der Waals surface area contributed by atoms with E-state index in [9.17, 15) is 18.0 Å². The number of hydrogen-bond donors (Lipinski definition) is 2. The van der Waals surface area contributed by atoms with Crippen LogP contribution in [-0.4, -0.2) is 48.0 Å². The molecule has 0 spiro atoms. The number of amides is 2. The summed E-state index contributed by atoms with van der Waals surface area (Å²) in [5.74, 6) is -0.0919. The minimum Gasteiger partial charge on any atom is -0.493 e. The number of anilines is 2. The number of benzene rings is 3. The first kappa shape index (κ1) is 26.3. The molecule has 0 saturated carbocycles. The van der Waals surface area contributed by atoms with Gasteiger partial charge in [-0.1, -0.05) is 18.2 Å². The molecule has 0 aromatic heterocycles. The lowest BCUT2D eigenvalue weighted by molar-refractivity contribution is 0.0959. The summed E-state index contributed by atoms with van der Waals surface area (Å²) in [4.78, 5) is 25.2. The monoisotopic (exact) mass is 509 g/mol. The van der Waals surface area contributed by atoms with Gasteiger partial charge in [0.25, 0.3) is 21.8 Å². The smallest absolute Gasteiger partial charge is 0.264 e. The molecule has 10 heteroatoms. The SMILES string of the molecule is C=CCNC(=O)c1ccccc1NC(=O)c1ccc(N(C)S(=O)(=O)c2ccc(OC)c(OC)c2)cc1. The van der Waals surface area contributed by atoms with E-state index in [2.05, 4.69) is 17.2 Å². The second-order valence-electron chi connectivity index (χ2n) is 7.53. The summed E-state index contributed by atoms with van der Waals surface area (Å²) in [6.45, 7) is 3.86. The standard InChI is InChI=1S/C26H27N3O6S/c1-5-16-27-26(31)21-8-6-7-9-22(21)28-25(30)18-10-12-19(13-11-18)29(2)36(32,33)20-14-15-23(34-3)24(17-20)35-4/h5-15,17H,1,16H2,2-4H3,(H,27,31)(H,28,30). The normalized spacial score (nSPS) is 10.8. The fourth-order valence-electron chi connectivity index (χ4n) is 3.34. The molecule has 3 aromatic carbocycles. The number of para-hydroxylation sites is 1. The number of hydrogen-bond acceptors (Lipinski definition) is 6. The molecule has 0 aliphatic heterocycles. The van der Waals surface area contributed by atoms with Crippen molar-refractivity contribution >= 4 is 33.2 Å². The van der Waals surface area contributed by atoms with E-state index in [1.807, 2.05) is 0 Å². The molecular formula is C26H27N3O6S. The summed E-state index contributed by atoms with van der Waals surface area (Å²) in [6.07, 6.45) is 1.56. The van der Waals surface area contributed by atoms with Crippen molar-refractivity contribution in [3.63, 3.8) is 0 Å². The fourth-order valence-corrected chi connectivity index (χ4v) is 4.55. The maximum atomic E-state index is 13.1. The Kier molecular flexibility index (Phi) is 8.34. The summed E-state index contributed by atoms with van der Waals surface area (Å²) < 4.78 is 37.8. The van der Waals surface area contributed by atoms with Crippen LogP contribution in [-0.2, 0) is 10.0 Å². The molecule has 36 heavy (non-hydrogen) atoms. The zero-order valence-electron chi connectivity index (χ0n) is 20.1. The van der Waals surface area contributed by atoms with Gasteiger partial charge in [-0.05, 0) is 48.5 Å². The second-order valence-corrected chi connectivity index (χ2v) is 9.50. The van der Waals surface area contributed by atoms with Gasteiger partial charge in [0, 0.05) is 25.2 Å². The molecule has 9 nitrogen and oxygen atoms in total. The van der Waals surface area contributed by atoms with Crippen LogP contribution in [0, 0.1) is 0 Å². The molecule has 3 aromatic rings. The van der Waals surface area contributed by atoms with E-state index in [0.717, 1.165) is 4.31 Å². The van der Waals surface area contributed by atoms with Crippen LogP contribution in [0.5, 0.6) is 11.5 Å². The van der Waals surface area contributed by atoms with Gasteiger partial charge >= 0.3 is 0 Å². The molecule has 0 heterocycles. The van der Waals surface area contributed by atoms with E-state index in [1.165, 1.54) is 63.7 Å². The Bertz CT molecular complexity index is 1370. The molecule has 0 fully saturated rings. The Hall–Kier alpha value is -4.31. The maximum Gasteiger partial charge on any atom is 0.264 e. The third-order valence-corrected chi connectivity index (χ3v) is 7.11. The minimum atomic E-state index is -3.91. The van der Waals surface area contributed by atoms with Gasteiger partial charge in [0.15, 0.2) is 11.5 Å². The van der Waals surface area contributed by atoms with Gasteiger partial charge in [-0.25, -0.2) is 8.42 Å². The third-order valence-electron chi connectivity index (χ3n) is 5.33.